The quantitative estimate of drug-likeness (QED) is 0.446. The SMILES string of the molecule is CC[C@H](C)NC(=O)[C@H](C)N(Cc1cccc(OC)c1)C(=O)CN(c1ccc2c(c1)OCO2)S(=O)(=O)CC. The number of methoxy groups -OCH3 is 1. The van der Waals surface area contributed by atoms with E-state index < -0.39 is 28.5 Å². The molecule has 2 atom stereocenters. The van der Waals surface area contributed by atoms with Gasteiger partial charge in [0.15, 0.2) is 11.5 Å². The molecule has 2 aromatic rings. The molecule has 1 aliphatic rings. The number of hydrogen-bond donors (Lipinski definition) is 1. The van der Waals surface area contributed by atoms with E-state index in [0.29, 0.717) is 17.2 Å². The molecule has 37 heavy (non-hydrogen) atoms. The van der Waals surface area contributed by atoms with E-state index in [1.165, 1.54) is 17.9 Å². The van der Waals surface area contributed by atoms with Gasteiger partial charge in [0.25, 0.3) is 0 Å². The summed E-state index contributed by atoms with van der Waals surface area (Å²) in [4.78, 5) is 28.1. The number of hydrogen-bond acceptors (Lipinski definition) is 7. The summed E-state index contributed by atoms with van der Waals surface area (Å²) >= 11 is 0. The van der Waals surface area contributed by atoms with Crippen molar-refractivity contribution in [2.45, 2.75) is 52.7 Å². The van der Waals surface area contributed by atoms with Crippen LogP contribution < -0.4 is 23.8 Å². The fourth-order valence-corrected chi connectivity index (χ4v) is 4.83. The van der Waals surface area contributed by atoms with Crippen LogP contribution in [-0.2, 0) is 26.2 Å². The van der Waals surface area contributed by atoms with Gasteiger partial charge in [-0.05, 0) is 57.0 Å². The maximum absolute atomic E-state index is 13.7. The highest BCUT2D eigenvalue weighted by molar-refractivity contribution is 7.92. The van der Waals surface area contributed by atoms with Crippen molar-refractivity contribution in [2.24, 2.45) is 0 Å². The largest absolute Gasteiger partial charge is 0.497 e. The van der Waals surface area contributed by atoms with Gasteiger partial charge in [0.1, 0.15) is 18.3 Å². The number of amides is 2. The average molecular weight is 534 g/mol. The molecule has 1 aliphatic heterocycles. The van der Waals surface area contributed by atoms with Crippen LogP contribution in [0.5, 0.6) is 17.2 Å². The Morgan fingerprint density at radius 3 is 2.49 bits per heavy atom. The smallest absolute Gasteiger partial charge is 0.244 e. The molecule has 2 amide bonds. The molecule has 0 aliphatic carbocycles. The Labute approximate surface area is 218 Å². The van der Waals surface area contributed by atoms with Crippen molar-refractivity contribution in [3.63, 3.8) is 0 Å². The van der Waals surface area contributed by atoms with E-state index in [0.717, 1.165) is 16.3 Å². The second-order valence-corrected chi connectivity index (χ2v) is 11.0. The molecule has 2 aromatic carbocycles. The molecule has 0 fully saturated rings. The fraction of sp³-hybridized carbons (Fsp3) is 0.462. The summed E-state index contributed by atoms with van der Waals surface area (Å²) in [5.74, 6) is 0.448. The van der Waals surface area contributed by atoms with Crippen LogP contribution in [0.2, 0.25) is 0 Å². The molecule has 0 spiro atoms. The van der Waals surface area contributed by atoms with E-state index in [1.54, 1.807) is 44.4 Å². The minimum absolute atomic E-state index is 0.0371. The predicted octanol–water partition coefficient (Wildman–Crippen LogP) is 2.91. The first-order valence-electron chi connectivity index (χ1n) is 12.2. The molecule has 0 bridgehead atoms. The highest BCUT2D eigenvalue weighted by Gasteiger charge is 2.32. The Bertz CT molecular complexity index is 1220. The molecule has 10 nitrogen and oxygen atoms in total. The summed E-state index contributed by atoms with van der Waals surface area (Å²) < 4.78 is 43.2. The van der Waals surface area contributed by atoms with Crippen LogP contribution >= 0.6 is 0 Å². The maximum Gasteiger partial charge on any atom is 0.244 e. The molecule has 0 aromatic heterocycles. The van der Waals surface area contributed by atoms with Crippen molar-refractivity contribution in [1.29, 1.82) is 0 Å². The zero-order chi connectivity index (χ0) is 27.2. The summed E-state index contributed by atoms with van der Waals surface area (Å²) in [5, 5.41) is 2.91. The van der Waals surface area contributed by atoms with Crippen LogP contribution in [0.4, 0.5) is 5.69 Å². The molecule has 0 radical (unpaired) electrons. The summed E-state index contributed by atoms with van der Waals surface area (Å²) in [5.41, 5.74) is 1.02. The summed E-state index contributed by atoms with van der Waals surface area (Å²) in [6.07, 6.45) is 0.731. The highest BCUT2D eigenvalue weighted by Crippen LogP contribution is 2.36. The van der Waals surface area contributed by atoms with Gasteiger partial charge < -0.3 is 24.4 Å². The van der Waals surface area contributed by atoms with Gasteiger partial charge in [0.05, 0.1) is 18.6 Å². The van der Waals surface area contributed by atoms with E-state index in [1.807, 2.05) is 19.9 Å². The van der Waals surface area contributed by atoms with Gasteiger partial charge in [-0.3, -0.25) is 13.9 Å². The highest BCUT2D eigenvalue weighted by atomic mass is 32.2. The first kappa shape index (κ1) is 28.1. The minimum atomic E-state index is -3.84. The maximum atomic E-state index is 13.7. The molecule has 0 unspecified atom stereocenters. The Hall–Kier alpha value is -3.47. The number of benzene rings is 2. The first-order valence-corrected chi connectivity index (χ1v) is 13.8. The van der Waals surface area contributed by atoms with Gasteiger partial charge >= 0.3 is 0 Å². The standard InChI is InChI=1S/C26H35N3O7S/c1-6-18(3)27-26(31)19(4)28(15-20-9-8-10-22(13-20)34-5)25(30)16-29(37(32,33)7-2)21-11-12-23-24(14-21)36-17-35-23/h8-14,18-19H,6-7,15-17H2,1-5H3,(H,27,31)/t18-,19-/m0/s1. The summed E-state index contributed by atoms with van der Waals surface area (Å²) in [7, 11) is -2.30. The van der Waals surface area contributed by atoms with Gasteiger partial charge in [-0.1, -0.05) is 19.1 Å². The number of nitrogens with zero attached hydrogens (tertiary/aromatic N) is 2. The lowest BCUT2D eigenvalue weighted by atomic mass is 10.1. The molecule has 202 valence electrons. The molecule has 3 rings (SSSR count). The Morgan fingerprint density at radius 1 is 1.08 bits per heavy atom. The summed E-state index contributed by atoms with van der Waals surface area (Å²) in [6, 6.07) is 11.0. The van der Waals surface area contributed by atoms with Gasteiger partial charge in [-0.15, -0.1) is 0 Å². The third-order valence-electron chi connectivity index (χ3n) is 6.28. The molecule has 1 heterocycles. The molecular formula is C26H35N3O7S. The monoisotopic (exact) mass is 533 g/mol. The molecule has 1 N–H and O–H groups in total. The van der Waals surface area contributed by atoms with Crippen LogP contribution in [-0.4, -0.2) is 63.4 Å². The van der Waals surface area contributed by atoms with E-state index in [2.05, 4.69) is 5.32 Å². The van der Waals surface area contributed by atoms with Gasteiger partial charge in [0.2, 0.25) is 28.6 Å². The van der Waals surface area contributed by atoms with E-state index in [-0.39, 0.29) is 36.7 Å². The third-order valence-corrected chi connectivity index (χ3v) is 8.02. The second kappa shape index (κ2) is 12.2. The van der Waals surface area contributed by atoms with Crippen LogP contribution in [0.15, 0.2) is 42.5 Å². The van der Waals surface area contributed by atoms with E-state index in [4.69, 9.17) is 14.2 Å². The predicted molar refractivity (Wildman–Crippen MR) is 140 cm³/mol. The lowest BCUT2D eigenvalue weighted by molar-refractivity contribution is -0.139. The second-order valence-electron chi connectivity index (χ2n) is 8.81. The van der Waals surface area contributed by atoms with Gasteiger partial charge in [-0.25, -0.2) is 8.42 Å². The number of ether oxygens (including phenoxy) is 3. The summed E-state index contributed by atoms with van der Waals surface area (Å²) in [6.45, 7) is 6.62. The number of carbonyl (C=O) groups excluding carboxylic acids is 2. The number of fused-ring (bicyclic) bond motifs is 1. The molecular weight excluding hydrogens is 498 g/mol. The lowest BCUT2D eigenvalue weighted by Crippen LogP contribution is -2.52. The average Bonchev–Trinajstić information content (AvgIpc) is 3.37. The van der Waals surface area contributed by atoms with Crippen molar-refractivity contribution >= 4 is 27.5 Å². The van der Waals surface area contributed by atoms with Crippen LogP contribution in [0.3, 0.4) is 0 Å². The van der Waals surface area contributed by atoms with Gasteiger partial charge in [-0.2, -0.15) is 0 Å². The number of sulfonamides is 1. The van der Waals surface area contributed by atoms with Crippen LogP contribution in [0, 0.1) is 0 Å². The van der Waals surface area contributed by atoms with Crippen molar-refractivity contribution in [1.82, 2.24) is 10.2 Å². The topological polar surface area (TPSA) is 114 Å². The number of nitrogens with one attached hydrogen (secondary N) is 1. The Morgan fingerprint density at radius 2 is 1.81 bits per heavy atom. The van der Waals surface area contributed by atoms with Crippen molar-refractivity contribution in [3.05, 3.63) is 48.0 Å². The minimum Gasteiger partial charge on any atom is -0.497 e. The van der Waals surface area contributed by atoms with E-state index >= 15 is 0 Å². The lowest BCUT2D eigenvalue weighted by Gasteiger charge is -2.32. The van der Waals surface area contributed by atoms with Crippen LogP contribution in [0.25, 0.3) is 0 Å². The zero-order valence-corrected chi connectivity index (χ0v) is 22.7. The normalized spacial score (nSPS) is 14.0. The Kier molecular flexibility index (Phi) is 9.25. The zero-order valence-electron chi connectivity index (χ0n) is 21.9. The molecule has 11 heteroatoms. The Balaban J connectivity index is 1.94. The van der Waals surface area contributed by atoms with Crippen molar-refractivity contribution in [3.8, 4) is 17.2 Å². The number of anilines is 1. The van der Waals surface area contributed by atoms with Crippen molar-refractivity contribution in [2.75, 3.05) is 30.5 Å². The van der Waals surface area contributed by atoms with Gasteiger partial charge in [0, 0.05) is 18.7 Å². The fourth-order valence-electron chi connectivity index (χ4n) is 3.78. The van der Waals surface area contributed by atoms with Crippen LogP contribution in [0.1, 0.15) is 39.7 Å². The number of rotatable bonds is 12. The molecule has 0 saturated carbocycles. The van der Waals surface area contributed by atoms with Crippen molar-refractivity contribution < 1.29 is 32.2 Å². The first-order chi connectivity index (χ1) is 17.6. The molecule has 0 saturated heterocycles. The number of carbonyl (C=O) groups is 2. The third kappa shape index (κ3) is 6.85. The van der Waals surface area contributed by atoms with E-state index in [9.17, 15) is 18.0 Å².